The molecule has 3 rings (SSSR count). The fourth-order valence-electron chi connectivity index (χ4n) is 4.94. The van der Waals surface area contributed by atoms with E-state index in [1.807, 2.05) is 32.3 Å². The van der Waals surface area contributed by atoms with Crippen LogP contribution >= 0.6 is 0 Å². The molecule has 0 spiro atoms. The third kappa shape index (κ3) is 5.33. The second-order valence-electron chi connectivity index (χ2n) is 9.52. The van der Waals surface area contributed by atoms with Gasteiger partial charge >= 0.3 is 0 Å². The van der Waals surface area contributed by atoms with Gasteiger partial charge in [0, 0.05) is 23.4 Å². The first-order valence-electron chi connectivity index (χ1n) is 12.9. The summed E-state index contributed by atoms with van der Waals surface area (Å²) < 4.78 is 0. The van der Waals surface area contributed by atoms with Crippen molar-refractivity contribution in [3.8, 4) is 11.1 Å². The highest BCUT2D eigenvalue weighted by Crippen LogP contribution is 2.40. The molecule has 0 saturated heterocycles. The Morgan fingerprint density at radius 3 is 1.97 bits per heavy atom. The molecule has 0 aliphatic rings. The Balaban J connectivity index is 1.95. The summed E-state index contributed by atoms with van der Waals surface area (Å²) in [5.41, 5.74) is 8.03. The smallest absolute Gasteiger partial charge is 0.0825 e. The van der Waals surface area contributed by atoms with Crippen LogP contribution in [0.25, 0.3) is 17.2 Å². The molecule has 0 amide bonds. The Morgan fingerprint density at radius 2 is 1.41 bits per heavy atom. The van der Waals surface area contributed by atoms with Crippen molar-refractivity contribution in [2.45, 2.75) is 84.7 Å². The fourth-order valence-corrected chi connectivity index (χ4v) is 4.94. The largest absolute Gasteiger partial charge is 0.386 e. The van der Waals surface area contributed by atoms with Gasteiger partial charge in [-0.1, -0.05) is 89.2 Å². The summed E-state index contributed by atoms with van der Waals surface area (Å²) in [4.78, 5) is 4.42. The van der Waals surface area contributed by atoms with Crippen molar-refractivity contribution in [3.63, 3.8) is 0 Å². The average Bonchev–Trinajstić information content (AvgIpc) is 2.89. The first-order valence-corrected chi connectivity index (χ1v) is 12.9. The van der Waals surface area contributed by atoms with Gasteiger partial charge in [-0.3, -0.25) is 4.98 Å². The van der Waals surface area contributed by atoms with Crippen molar-refractivity contribution in [1.82, 2.24) is 4.98 Å². The highest BCUT2D eigenvalue weighted by molar-refractivity contribution is 5.64. The quantitative estimate of drug-likeness (QED) is 0.333. The molecule has 2 heteroatoms. The standard InChI is InChI=1S/C32H41NO/c1-7-25-21-28(23-33-22-25)27-13-15-29(16-14-27)32(10-4,11-5)30-17-12-26(24(6)20-30)18-19-31(34,8-2)9-3/h12-23,34H,7-11H2,1-6H3. The van der Waals surface area contributed by atoms with Gasteiger partial charge in [0.05, 0.1) is 5.60 Å². The third-order valence-corrected chi connectivity index (χ3v) is 7.80. The van der Waals surface area contributed by atoms with Gasteiger partial charge in [0.15, 0.2) is 0 Å². The maximum absolute atomic E-state index is 10.6. The molecule has 1 heterocycles. The molecule has 0 aliphatic carbocycles. The molecule has 0 radical (unpaired) electrons. The van der Waals surface area contributed by atoms with E-state index in [1.54, 1.807) is 0 Å². The van der Waals surface area contributed by atoms with Crippen LogP contribution in [0.4, 0.5) is 0 Å². The summed E-state index contributed by atoms with van der Waals surface area (Å²) in [6, 6.07) is 18.1. The van der Waals surface area contributed by atoms with Crippen LogP contribution in [0.1, 0.15) is 88.1 Å². The maximum Gasteiger partial charge on any atom is 0.0825 e. The number of pyridine rings is 1. The van der Waals surface area contributed by atoms with Crippen LogP contribution in [0, 0.1) is 6.92 Å². The van der Waals surface area contributed by atoms with Crippen LogP contribution in [-0.4, -0.2) is 15.7 Å². The second-order valence-corrected chi connectivity index (χ2v) is 9.52. The van der Waals surface area contributed by atoms with E-state index in [0.717, 1.165) is 32.1 Å². The zero-order valence-corrected chi connectivity index (χ0v) is 21.9. The van der Waals surface area contributed by atoms with E-state index in [2.05, 4.69) is 87.3 Å². The minimum Gasteiger partial charge on any atom is -0.386 e. The zero-order valence-electron chi connectivity index (χ0n) is 21.9. The summed E-state index contributed by atoms with van der Waals surface area (Å²) in [5, 5.41) is 10.6. The van der Waals surface area contributed by atoms with Crippen LogP contribution in [0.3, 0.4) is 0 Å². The summed E-state index contributed by atoms with van der Waals surface area (Å²) in [5.74, 6) is 0. The van der Waals surface area contributed by atoms with Crippen LogP contribution in [0.5, 0.6) is 0 Å². The van der Waals surface area contributed by atoms with Crippen LogP contribution < -0.4 is 0 Å². The minimum atomic E-state index is -0.727. The van der Waals surface area contributed by atoms with Gasteiger partial charge in [0.25, 0.3) is 0 Å². The van der Waals surface area contributed by atoms with Gasteiger partial charge in [0.2, 0.25) is 0 Å². The summed E-state index contributed by atoms with van der Waals surface area (Å²) in [7, 11) is 0. The molecule has 34 heavy (non-hydrogen) atoms. The predicted molar refractivity (Wildman–Crippen MR) is 146 cm³/mol. The first-order chi connectivity index (χ1) is 16.3. The lowest BCUT2D eigenvalue weighted by Gasteiger charge is -2.34. The molecule has 1 aromatic heterocycles. The van der Waals surface area contributed by atoms with Gasteiger partial charge < -0.3 is 5.11 Å². The maximum atomic E-state index is 10.6. The van der Waals surface area contributed by atoms with Gasteiger partial charge in [0.1, 0.15) is 0 Å². The number of aromatic nitrogens is 1. The Bertz CT molecular complexity index is 1100. The van der Waals surface area contributed by atoms with E-state index < -0.39 is 5.60 Å². The van der Waals surface area contributed by atoms with Crippen molar-refractivity contribution in [2.24, 2.45) is 0 Å². The number of hydrogen-bond acceptors (Lipinski definition) is 2. The molecule has 2 aromatic carbocycles. The number of rotatable bonds is 10. The number of hydrogen-bond donors (Lipinski definition) is 1. The Hall–Kier alpha value is -2.71. The highest BCUT2D eigenvalue weighted by atomic mass is 16.3. The van der Waals surface area contributed by atoms with Crippen molar-refractivity contribution in [3.05, 3.63) is 94.8 Å². The Morgan fingerprint density at radius 1 is 0.765 bits per heavy atom. The Labute approximate surface area is 206 Å². The minimum absolute atomic E-state index is 0.0252. The van der Waals surface area contributed by atoms with E-state index in [1.165, 1.54) is 38.9 Å². The molecule has 0 aliphatic heterocycles. The number of nitrogens with zero attached hydrogens (tertiary/aromatic N) is 1. The molecule has 0 saturated carbocycles. The molecule has 1 N–H and O–H groups in total. The van der Waals surface area contributed by atoms with Gasteiger partial charge in [-0.05, 0) is 78.5 Å². The van der Waals surface area contributed by atoms with Gasteiger partial charge in [-0.25, -0.2) is 0 Å². The lowest BCUT2D eigenvalue weighted by Crippen LogP contribution is -2.26. The normalized spacial score (nSPS) is 12.4. The monoisotopic (exact) mass is 455 g/mol. The topological polar surface area (TPSA) is 33.1 Å². The van der Waals surface area contributed by atoms with Gasteiger partial charge in [-0.2, -0.15) is 0 Å². The second kappa shape index (κ2) is 11.1. The lowest BCUT2D eigenvalue weighted by atomic mass is 9.70. The molecular weight excluding hydrogens is 414 g/mol. The predicted octanol–water partition coefficient (Wildman–Crippen LogP) is 8.29. The molecule has 0 unspecified atom stereocenters. The molecule has 0 bridgehead atoms. The van der Waals surface area contributed by atoms with Crippen molar-refractivity contribution < 1.29 is 5.11 Å². The highest BCUT2D eigenvalue weighted by Gasteiger charge is 2.31. The summed E-state index contributed by atoms with van der Waals surface area (Å²) >= 11 is 0. The van der Waals surface area contributed by atoms with Crippen molar-refractivity contribution in [1.29, 1.82) is 0 Å². The van der Waals surface area contributed by atoms with Crippen LogP contribution in [0.2, 0.25) is 0 Å². The fraction of sp³-hybridized carbons (Fsp3) is 0.406. The average molecular weight is 456 g/mol. The molecule has 2 nitrogen and oxygen atoms in total. The van der Waals surface area contributed by atoms with Crippen molar-refractivity contribution >= 4 is 6.08 Å². The lowest BCUT2D eigenvalue weighted by molar-refractivity contribution is 0.0836. The van der Waals surface area contributed by atoms with Gasteiger partial charge in [-0.15, -0.1) is 0 Å². The first kappa shape index (κ1) is 25.9. The van der Waals surface area contributed by atoms with Crippen LogP contribution in [-0.2, 0) is 11.8 Å². The summed E-state index contributed by atoms with van der Waals surface area (Å²) in [6.07, 6.45) is 12.5. The van der Waals surface area contributed by atoms with E-state index in [0.29, 0.717) is 0 Å². The number of benzene rings is 2. The number of aryl methyl sites for hydroxylation is 2. The SMILES string of the molecule is CCc1cncc(-c2ccc(C(CC)(CC)c3ccc(C=CC(O)(CC)CC)c(C)c3)cc2)c1. The zero-order chi connectivity index (χ0) is 24.8. The van der Waals surface area contributed by atoms with Crippen LogP contribution in [0.15, 0.2) is 67.0 Å². The molecule has 0 atom stereocenters. The van der Waals surface area contributed by atoms with E-state index in [-0.39, 0.29) is 5.41 Å². The summed E-state index contributed by atoms with van der Waals surface area (Å²) in [6.45, 7) is 13.0. The van der Waals surface area contributed by atoms with Crippen molar-refractivity contribution in [2.75, 3.05) is 0 Å². The molecule has 3 aromatic rings. The van der Waals surface area contributed by atoms with E-state index in [4.69, 9.17) is 0 Å². The third-order valence-electron chi connectivity index (χ3n) is 7.80. The molecule has 180 valence electrons. The Kier molecular flexibility index (Phi) is 8.49. The van der Waals surface area contributed by atoms with E-state index in [9.17, 15) is 5.11 Å². The molecular formula is C32H41NO. The molecule has 0 fully saturated rings. The van der Waals surface area contributed by atoms with E-state index >= 15 is 0 Å². The number of aliphatic hydroxyl groups is 1.